The molecule has 0 aromatic rings. The topological polar surface area (TPSA) is 95.9 Å². The van der Waals surface area contributed by atoms with Crippen molar-refractivity contribution in [1.29, 1.82) is 0 Å². The van der Waals surface area contributed by atoms with E-state index in [1.54, 1.807) is 4.90 Å². The Morgan fingerprint density at radius 1 is 1.50 bits per heavy atom. The van der Waals surface area contributed by atoms with E-state index in [0.717, 1.165) is 0 Å². The van der Waals surface area contributed by atoms with E-state index in [9.17, 15) is 14.4 Å². The van der Waals surface area contributed by atoms with Gasteiger partial charge in [-0.2, -0.15) is 0 Å². The second kappa shape index (κ2) is 5.81. The quantitative estimate of drug-likeness (QED) is 0.621. The van der Waals surface area contributed by atoms with Crippen molar-refractivity contribution < 1.29 is 24.2 Å². The molecule has 1 saturated heterocycles. The molecule has 0 radical (unpaired) electrons. The van der Waals surface area contributed by atoms with E-state index in [-0.39, 0.29) is 19.1 Å². The molecule has 1 fully saturated rings. The van der Waals surface area contributed by atoms with Gasteiger partial charge in [0.15, 0.2) is 0 Å². The maximum Gasteiger partial charge on any atom is 0.318 e. The first-order chi connectivity index (χ1) is 8.35. The van der Waals surface area contributed by atoms with Crippen LogP contribution in [0.3, 0.4) is 0 Å². The summed E-state index contributed by atoms with van der Waals surface area (Å²) in [6, 6.07) is 0. The first-order valence-corrected chi connectivity index (χ1v) is 5.73. The SMILES string of the molecule is CC(C)(C(=O)O)C(=O)NCCN1CCOCC1=O. The minimum atomic E-state index is -1.46. The summed E-state index contributed by atoms with van der Waals surface area (Å²) in [6.45, 7) is 4.33. The first-order valence-electron chi connectivity index (χ1n) is 5.73. The Bertz CT molecular complexity index is 353. The van der Waals surface area contributed by atoms with Gasteiger partial charge < -0.3 is 20.1 Å². The van der Waals surface area contributed by atoms with Gasteiger partial charge in [0.05, 0.1) is 6.61 Å². The van der Waals surface area contributed by atoms with E-state index in [0.29, 0.717) is 19.7 Å². The van der Waals surface area contributed by atoms with Gasteiger partial charge >= 0.3 is 5.97 Å². The van der Waals surface area contributed by atoms with Gasteiger partial charge in [-0.25, -0.2) is 0 Å². The lowest BCUT2D eigenvalue weighted by Gasteiger charge is -2.27. The molecule has 1 rings (SSSR count). The van der Waals surface area contributed by atoms with Gasteiger partial charge in [-0.15, -0.1) is 0 Å². The molecule has 102 valence electrons. The molecule has 0 bridgehead atoms. The summed E-state index contributed by atoms with van der Waals surface area (Å²) >= 11 is 0. The second-order valence-corrected chi connectivity index (χ2v) is 4.62. The van der Waals surface area contributed by atoms with Crippen molar-refractivity contribution in [3.05, 3.63) is 0 Å². The summed E-state index contributed by atoms with van der Waals surface area (Å²) in [4.78, 5) is 35.4. The van der Waals surface area contributed by atoms with Crippen molar-refractivity contribution in [2.45, 2.75) is 13.8 Å². The molecule has 2 N–H and O–H groups in total. The monoisotopic (exact) mass is 258 g/mol. The molecular weight excluding hydrogens is 240 g/mol. The van der Waals surface area contributed by atoms with Crippen molar-refractivity contribution in [3.63, 3.8) is 0 Å². The van der Waals surface area contributed by atoms with Crippen LogP contribution in [0, 0.1) is 5.41 Å². The Balaban J connectivity index is 2.35. The highest BCUT2D eigenvalue weighted by Crippen LogP contribution is 2.14. The molecule has 0 aliphatic carbocycles. The number of hydrogen-bond acceptors (Lipinski definition) is 4. The van der Waals surface area contributed by atoms with Gasteiger partial charge in [0.1, 0.15) is 12.0 Å². The number of carbonyl (C=O) groups excluding carboxylic acids is 2. The van der Waals surface area contributed by atoms with Crippen LogP contribution in [0.25, 0.3) is 0 Å². The van der Waals surface area contributed by atoms with E-state index in [4.69, 9.17) is 9.84 Å². The zero-order valence-electron chi connectivity index (χ0n) is 10.6. The normalized spacial score (nSPS) is 16.6. The zero-order chi connectivity index (χ0) is 13.8. The molecule has 1 aliphatic rings. The number of amides is 2. The lowest BCUT2D eigenvalue weighted by atomic mass is 9.93. The number of carbonyl (C=O) groups is 3. The predicted octanol–water partition coefficient (Wildman–Crippen LogP) is -0.928. The molecule has 0 aromatic carbocycles. The van der Waals surface area contributed by atoms with Gasteiger partial charge in [-0.3, -0.25) is 14.4 Å². The summed E-state index contributed by atoms with van der Waals surface area (Å²) < 4.78 is 4.97. The third-order valence-electron chi connectivity index (χ3n) is 2.85. The highest BCUT2D eigenvalue weighted by molar-refractivity contribution is 6.00. The molecule has 7 nitrogen and oxygen atoms in total. The van der Waals surface area contributed by atoms with Crippen LogP contribution in [0.5, 0.6) is 0 Å². The Kier molecular flexibility index (Phi) is 4.66. The van der Waals surface area contributed by atoms with E-state index >= 15 is 0 Å². The molecule has 18 heavy (non-hydrogen) atoms. The van der Waals surface area contributed by atoms with E-state index in [2.05, 4.69) is 5.32 Å². The number of rotatable bonds is 5. The van der Waals surface area contributed by atoms with Gasteiger partial charge in [0.25, 0.3) is 0 Å². The maximum atomic E-state index is 11.6. The fourth-order valence-electron chi connectivity index (χ4n) is 1.41. The smallest absolute Gasteiger partial charge is 0.318 e. The molecule has 1 aliphatic heterocycles. The molecule has 0 unspecified atom stereocenters. The lowest BCUT2D eigenvalue weighted by Crippen LogP contribution is -2.48. The van der Waals surface area contributed by atoms with Crippen molar-refractivity contribution >= 4 is 17.8 Å². The first kappa shape index (κ1) is 14.4. The van der Waals surface area contributed by atoms with Crippen molar-refractivity contribution in [2.24, 2.45) is 5.41 Å². The number of ether oxygens (including phenoxy) is 1. The van der Waals surface area contributed by atoms with Crippen LogP contribution in [-0.2, 0) is 19.1 Å². The summed E-state index contributed by atoms with van der Waals surface area (Å²) in [6.07, 6.45) is 0. The van der Waals surface area contributed by atoms with Gasteiger partial charge in [-0.05, 0) is 13.8 Å². The minimum Gasteiger partial charge on any atom is -0.480 e. The third-order valence-corrected chi connectivity index (χ3v) is 2.85. The van der Waals surface area contributed by atoms with Crippen LogP contribution >= 0.6 is 0 Å². The number of morpholine rings is 1. The average Bonchev–Trinajstić information content (AvgIpc) is 2.31. The molecule has 2 amide bonds. The lowest BCUT2D eigenvalue weighted by molar-refractivity contribution is -0.153. The number of aliphatic carboxylic acids is 1. The highest BCUT2D eigenvalue weighted by Gasteiger charge is 2.35. The van der Waals surface area contributed by atoms with Crippen LogP contribution in [0.4, 0.5) is 0 Å². The van der Waals surface area contributed by atoms with Gasteiger partial charge in [-0.1, -0.05) is 0 Å². The summed E-state index contributed by atoms with van der Waals surface area (Å²) in [7, 11) is 0. The number of nitrogens with one attached hydrogen (secondary N) is 1. The summed E-state index contributed by atoms with van der Waals surface area (Å²) in [5.74, 6) is -1.86. The number of carboxylic acids is 1. The highest BCUT2D eigenvalue weighted by atomic mass is 16.5. The number of hydrogen-bond donors (Lipinski definition) is 2. The average molecular weight is 258 g/mol. The van der Waals surface area contributed by atoms with Crippen LogP contribution in [0.1, 0.15) is 13.8 Å². The largest absolute Gasteiger partial charge is 0.480 e. The Morgan fingerprint density at radius 2 is 2.17 bits per heavy atom. The Hall–Kier alpha value is -1.63. The van der Waals surface area contributed by atoms with Crippen molar-refractivity contribution in [3.8, 4) is 0 Å². The Labute approximate surface area is 105 Å². The second-order valence-electron chi connectivity index (χ2n) is 4.62. The Morgan fingerprint density at radius 3 is 2.72 bits per heavy atom. The molecule has 1 heterocycles. The van der Waals surface area contributed by atoms with Crippen LogP contribution < -0.4 is 5.32 Å². The summed E-state index contributed by atoms with van der Waals surface area (Å²) in [5.41, 5.74) is -1.46. The minimum absolute atomic E-state index is 0.0641. The molecule has 0 saturated carbocycles. The molecular formula is C11H18N2O5. The molecule has 0 atom stereocenters. The van der Waals surface area contributed by atoms with E-state index < -0.39 is 17.3 Å². The van der Waals surface area contributed by atoms with Gasteiger partial charge in [0.2, 0.25) is 11.8 Å². The summed E-state index contributed by atoms with van der Waals surface area (Å²) in [5, 5.41) is 11.4. The molecule has 0 spiro atoms. The van der Waals surface area contributed by atoms with Gasteiger partial charge in [0, 0.05) is 19.6 Å². The predicted molar refractivity (Wildman–Crippen MR) is 61.8 cm³/mol. The van der Waals surface area contributed by atoms with Crippen LogP contribution in [0.15, 0.2) is 0 Å². The van der Waals surface area contributed by atoms with Crippen molar-refractivity contribution in [2.75, 3.05) is 32.8 Å². The number of nitrogens with zero attached hydrogens (tertiary/aromatic N) is 1. The number of carboxylic acid groups (broad SMARTS) is 1. The van der Waals surface area contributed by atoms with Crippen LogP contribution in [-0.4, -0.2) is 60.6 Å². The van der Waals surface area contributed by atoms with Crippen LogP contribution in [0.2, 0.25) is 0 Å². The molecule has 7 heteroatoms. The van der Waals surface area contributed by atoms with E-state index in [1.807, 2.05) is 0 Å². The van der Waals surface area contributed by atoms with Crippen molar-refractivity contribution in [1.82, 2.24) is 10.2 Å². The fraction of sp³-hybridized carbons (Fsp3) is 0.727. The standard InChI is InChI=1S/C11H18N2O5/c1-11(2,10(16)17)9(15)12-3-4-13-5-6-18-7-8(13)14/h3-7H2,1-2H3,(H,12,15)(H,16,17). The van der Waals surface area contributed by atoms with E-state index in [1.165, 1.54) is 13.8 Å². The zero-order valence-corrected chi connectivity index (χ0v) is 10.6. The molecule has 0 aromatic heterocycles. The maximum absolute atomic E-state index is 11.6. The third kappa shape index (κ3) is 3.43. The fourth-order valence-corrected chi connectivity index (χ4v) is 1.41.